The molecule has 0 spiro atoms. The Morgan fingerprint density at radius 3 is 2.84 bits per heavy atom. The van der Waals surface area contributed by atoms with Gasteiger partial charge < -0.3 is 15.4 Å². The predicted octanol–water partition coefficient (Wildman–Crippen LogP) is 1.17. The number of nitrogens with zero attached hydrogens (tertiary/aromatic N) is 1. The fraction of sp³-hybridized carbons (Fsp3) is 0.588. The second kappa shape index (κ2) is 7.97. The first-order valence-electron chi connectivity index (χ1n) is 8.60. The second-order valence-electron chi connectivity index (χ2n) is 6.37. The van der Waals surface area contributed by atoms with E-state index >= 15 is 0 Å². The number of anilines is 1. The van der Waals surface area contributed by atoms with Crippen molar-refractivity contribution < 1.29 is 19.1 Å². The highest BCUT2D eigenvalue weighted by atomic mass is 32.1. The molecule has 0 saturated carbocycles. The van der Waals surface area contributed by atoms with Gasteiger partial charge in [0.15, 0.2) is 0 Å². The van der Waals surface area contributed by atoms with E-state index < -0.39 is 5.97 Å². The van der Waals surface area contributed by atoms with Crippen LogP contribution in [-0.2, 0) is 27.2 Å². The van der Waals surface area contributed by atoms with Crippen LogP contribution in [0, 0.1) is 0 Å². The predicted molar refractivity (Wildman–Crippen MR) is 95.0 cm³/mol. The third-order valence-corrected chi connectivity index (χ3v) is 5.76. The molecule has 0 unspecified atom stereocenters. The normalized spacial score (nSPS) is 18.0. The summed E-state index contributed by atoms with van der Waals surface area (Å²) in [5, 5.41) is 6.18. The molecule has 2 heterocycles. The van der Waals surface area contributed by atoms with Crippen molar-refractivity contribution in [2.45, 2.75) is 32.1 Å². The van der Waals surface area contributed by atoms with Gasteiger partial charge >= 0.3 is 5.97 Å². The van der Waals surface area contributed by atoms with Crippen LogP contribution >= 0.6 is 11.3 Å². The number of aryl methyl sites for hydroxylation is 1. The molecule has 7 nitrogen and oxygen atoms in total. The maximum Gasteiger partial charge on any atom is 0.341 e. The van der Waals surface area contributed by atoms with Gasteiger partial charge in [0, 0.05) is 18.0 Å². The number of rotatable bonds is 4. The molecular formula is C17H23N3O4S. The fourth-order valence-electron chi connectivity index (χ4n) is 3.34. The lowest BCUT2D eigenvalue weighted by molar-refractivity contribution is -0.125. The van der Waals surface area contributed by atoms with E-state index in [1.54, 1.807) is 4.90 Å². The van der Waals surface area contributed by atoms with Crippen LogP contribution < -0.4 is 10.6 Å². The highest BCUT2D eigenvalue weighted by Gasteiger charge is 2.27. The lowest BCUT2D eigenvalue weighted by Gasteiger charge is -2.25. The van der Waals surface area contributed by atoms with Crippen molar-refractivity contribution in [1.82, 2.24) is 10.2 Å². The smallest absolute Gasteiger partial charge is 0.341 e. The van der Waals surface area contributed by atoms with Gasteiger partial charge in [-0.2, -0.15) is 0 Å². The van der Waals surface area contributed by atoms with E-state index in [0.717, 1.165) is 37.7 Å². The molecule has 1 aromatic heterocycles. The first-order valence-corrected chi connectivity index (χ1v) is 9.42. The summed E-state index contributed by atoms with van der Waals surface area (Å²) in [6, 6.07) is 0. The molecular weight excluding hydrogens is 342 g/mol. The maximum absolute atomic E-state index is 12.4. The summed E-state index contributed by atoms with van der Waals surface area (Å²) in [7, 11) is 1.36. The standard InChI is InChI=1S/C17H23N3O4S/c1-24-17(23)15-11-5-3-2-4-6-12(11)25-16(15)19-14(22)10-20-8-7-18-13(21)9-20/h2-10H2,1H3,(H,18,21)(H,19,22). The zero-order valence-electron chi connectivity index (χ0n) is 14.4. The molecule has 25 heavy (non-hydrogen) atoms. The fourth-order valence-corrected chi connectivity index (χ4v) is 4.64. The lowest BCUT2D eigenvalue weighted by atomic mass is 10.1. The Hall–Kier alpha value is -1.93. The second-order valence-corrected chi connectivity index (χ2v) is 7.47. The molecule has 1 aliphatic heterocycles. The Morgan fingerprint density at radius 2 is 2.08 bits per heavy atom. The molecule has 1 aliphatic carbocycles. The number of fused-ring (bicyclic) bond motifs is 1. The van der Waals surface area contributed by atoms with Gasteiger partial charge in [0.2, 0.25) is 11.8 Å². The van der Waals surface area contributed by atoms with Gasteiger partial charge in [-0.3, -0.25) is 14.5 Å². The summed E-state index contributed by atoms with van der Waals surface area (Å²) in [4.78, 5) is 39.1. The van der Waals surface area contributed by atoms with Gasteiger partial charge in [0.25, 0.3) is 0 Å². The maximum atomic E-state index is 12.4. The number of thiophene rings is 1. The Balaban J connectivity index is 1.75. The van der Waals surface area contributed by atoms with E-state index in [4.69, 9.17) is 4.74 Å². The van der Waals surface area contributed by atoms with Crippen molar-refractivity contribution in [3.63, 3.8) is 0 Å². The zero-order chi connectivity index (χ0) is 17.8. The number of esters is 1. The number of nitrogens with one attached hydrogen (secondary N) is 2. The summed E-state index contributed by atoms with van der Waals surface area (Å²) < 4.78 is 4.94. The highest BCUT2D eigenvalue weighted by molar-refractivity contribution is 7.17. The zero-order valence-corrected chi connectivity index (χ0v) is 15.2. The molecule has 136 valence electrons. The van der Waals surface area contributed by atoms with Crippen LogP contribution in [0.5, 0.6) is 0 Å². The molecule has 0 atom stereocenters. The number of ether oxygens (including phenoxy) is 1. The number of piperazine rings is 1. The molecule has 8 heteroatoms. The van der Waals surface area contributed by atoms with Crippen molar-refractivity contribution in [2.75, 3.05) is 38.6 Å². The minimum absolute atomic E-state index is 0.0721. The van der Waals surface area contributed by atoms with Gasteiger partial charge in [0.05, 0.1) is 25.8 Å². The van der Waals surface area contributed by atoms with Crippen molar-refractivity contribution in [3.05, 3.63) is 16.0 Å². The Labute approximate surface area is 150 Å². The summed E-state index contributed by atoms with van der Waals surface area (Å²) >= 11 is 1.48. The largest absolute Gasteiger partial charge is 0.465 e. The number of carbonyl (C=O) groups excluding carboxylic acids is 3. The molecule has 0 bridgehead atoms. The topological polar surface area (TPSA) is 87.7 Å². The van der Waals surface area contributed by atoms with E-state index in [9.17, 15) is 14.4 Å². The molecule has 2 amide bonds. The van der Waals surface area contributed by atoms with Gasteiger partial charge in [-0.1, -0.05) is 6.42 Å². The lowest BCUT2D eigenvalue weighted by Crippen LogP contribution is -2.49. The monoisotopic (exact) mass is 365 g/mol. The number of hydrogen-bond acceptors (Lipinski definition) is 6. The van der Waals surface area contributed by atoms with E-state index in [1.165, 1.54) is 23.3 Å². The molecule has 2 N–H and O–H groups in total. The Morgan fingerprint density at radius 1 is 1.28 bits per heavy atom. The molecule has 3 rings (SSSR count). The number of methoxy groups -OCH3 is 1. The third kappa shape index (κ3) is 4.19. The van der Waals surface area contributed by atoms with Gasteiger partial charge in [0.1, 0.15) is 5.00 Å². The molecule has 1 saturated heterocycles. The van der Waals surface area contributed by atoms with Crippen molar-refractivity contribution in [1.29, 1.82) is 0 Å². The number of hydrogen-bond donors (Lipinski definition) is 2. The SMILES string of the molecule is COC(=O)c1c(NC(=O)CN2CCNC(=O)C2)sc2c1CCCCC2. The van der Waals surface area contributed by atoms with E-state index in [0.29, 0.717) is 23.7 Å². The average Bonchev–Trinajstić information content (AvgIpc) is 2.75. The van der Waals surface area contributed by atoms with Crippen molar-refractivity contribution in [2.24, 2.45) is 0 Å². The summed E-state index contributed by atoms with van der Waals surface area (Å²) in [5.74, 6) is -0.680. The van der Waals surface area contributed by atoms with Gasteiger partial charge in [-0.25, -0.2) is 4.79 Å². The van der Waals surface area contributed by atoms with E-state index in [-0.39, 0.29) is 24.9 Å². The van der Waals surface area contributed by atoms with Crippen LogP contribution in [-0.4, -0.2) is 56.0 Å². The van der Waals surface area contributed by atoms with Crippen LogP contribution in [0.4, 0.5) is 5.00 Å². The summed E-state index contributed by atoms with van der Waals surface area (Å²) in [6.45, 7) is 1.55. The molecule has 2 aliphatic rings. The van der Waals surface area contributed by atoms with Crippen LogP contribution in [0.1, 0.15) is 40.1 Å². The average molecular weight is 365 g/mol. The van der Waals surface area contributed by atoms with E-state index in [1.807, 2.05) is 0 Å². The molecule has 1 fully saturated rings. The molecule has 1 aromatic rings. The molecule has 0 aromatic carbocycles. The quantitative estimate of drug-likeness (QED) is 0.618. The van der Waals surface area contributed by atoms with Crippen LogP contribution in [0.25, 0.3) is 0 Å². The van der Waals surface area contributed by atoms with Crippen LogP contribution in [0.2, 0.25) is 0 Å². The first-order chi connectivity index (χ1) is 12.1. The van der Waals surface area contributed by atoms with Crippen LogP contribution in [0.3, 0.4) is 0 Å². The first kappa shape index (κ1) is 17.9. The van der Waals surface area contributed by atoms with Crippen LogP contribution in [0.15, 0.2) is 0 Å². The number of amides is 2. The third-order valence-electron chi connectivity index (χ3n) is 4.55. The minimum Gasteiger partial charge on any atom is -0.465 e. The Kier molecular flexibility index (Phi) is 5.70. The highest BCUT2D eigenvalue weighted by Crippen LogP contribution is 2.37. The Bertz CT molecular complexity index is 686. The van der Waals surface area contributed by atoms with E-state index in [2.05, 4.69) is 10.6 Å². The summed E-state index contributed by atoms with van der Waals surface area (Å²) in [6.07, 6.45) is 5.08. The van der Waals surface area contributed by atoms with Gasteiger partial charge in [-0.05, 0) is 31.2 Å². The van der Waals surface area contributed by atoms with Crippen molar-refractivity contribution in [3.8, 4) is 0 Å². The van der Waals surface area contributed by atoms with Crippen molar-refractivity contribution >= 4 is 34.1 Å². The number of carbonyl (C=O) groups is 3. The summed E-state index contributed by atoms with van der Waals surface area (Å²) in [5.41, 5.74) is 1.54. The van der Waals surface area contributed by atoms with Gasteiger partial charge in [-0.15, -0.1) is 11.3 Å². The molecule has 0 radical (unpaired) electrons. The minimum atomic E-state index is -0.396.